The number of ether oxygens (including phenoxy) is 1. The molecule has 0 unspecified atom stereocenters. The minimum atomic E-state index is -0.208. The molecule has 0 atom stereocenters. The molecule has 0 bridgehead atoms. The van der Waals surface area contributed by atoms with Crippen LogP contribution in [-0.4, -0.2) is 21.1 Å². The van der Waals surface area contributed by atoms with Crippen molar-refractivity contribution < 1.29 is 9.84 Å². The fraction of sp³-hybridized carbons (Fsp3) is 0.148. The maximum absolute atomic E-state index is 13.4. The number of unbranched alkanes of at least 4 members (excludes halogenated alkanes) is 1. The molecule has 33 heavy (non-hydrogen) atoms. The van der Waals surface area contributed by atoms with E-state index in [0.29, 0.717) is 46.0 Å². The van der Waals surface area contributed by atoms with E-state index in [-0.39, 0.29) is 11.3 Å². The number of phenolic OH excluding ortho intramolecular Hbond substituents is 1. The molecule has 4 rings (SSSR count). The monoisotopic (exact) mass is 437 g/mol. The molecule has 0 amide bonds. The third-order valence-electron chi connectivity index (χ3n) is 5.25. The Bertz CT molecular complexity index is 1410. The number of rotatable bonds is 7. The summed E-state index contributed by atoms with van der Waals surface area (Å²) >= 11 is 0. The van der Waals surface area contributed by atoms with Crippen LogP contribution in [0.1, 0.15) is 36.6 Å². The van der Waals surface area contributed by atoms with E-state index in [1.807, 2.05) is 12.1 Å². The summed E-state index contributed by atoms with van der Waals surface area (Å²) < 4.78 is 7.31. The van der Waals surface area contributed by atoms with Crippen LogP contribution in [0.3, 0.4) is 0 Å². The average Bonchev–Trinajstić information content (AvgIpc) is 2.84. The van der Waals surface area contributed by atoms with Crippen LogP contribution >= 0.6 is 0 Å². The van der Waals surface area contributed by atoms with Crippen molar-refractivity contribution in [1.29, 1.82) is 5.26 Å². The molecule has 2 heterocycles. The van der Waals surface area contributed by atoms with Crippen molar-refractivity contribution in [1.82, 2.24) is 9.38 Å². The van der Waals surface area contributed by atoms with Crippen molar-refractivity contribution >= 4 is 17.8 Å². The summed E-state index contributed by atoms with van der Waals surface area (Å²) in [5, 5.41) is 19.4. The summed E-state index contributed by atoms with van der Waals surface area (Å²) in [6, 6.07) is 19.5. The average molecular weight is 437 g/mol. The van der Waals surface area contributed by atoms with E-state index in [0.717, 1.165) is 12.8 Å². The highest BCUT2D eigenvalue weighted by Crippen LogP contribution is 2.32. The first kappa shape index (κ1) is 21.8. The Balaban J connectivity index is 1.84. The molecule has 0 spiro atoms. The first-order valence-corrected chi connectivity index (χ1v) is 10.8. The van der Waals surface area contributed by atoms with Gasteiger partial charge in [-0.05, 0) is 54.5 Å². The summed E-state index contributed by atoms with van der Waals surface area (Å²) in [5.41, 5.74) is 3.09. The molecular formula is C27H23N3O3. The highest BCUT2D eigenvalue weighted by molar-refractivity contribution is 5.81. The topological polar surface area (TPSA) is 87.6 Å². The van der Waals surface area contributed by atoms with E-state index in [1.54, 1.807) is 66.9 Å². The number of aromatic hydroxyl groups is 1. The lowest BCUT2D eigenvalue weighted by atomic mass is 10.0. The normalized spacial score (nSPS) is 11.0. The van der Waals surface area contributed by atoms with Gasteiger partial charge in [0.05, 0.1) is 29.5 Å². The maximum Gasteiger partial charge on any atom is 0.266 e. The van der Waals surface area contributed by atoms with Crippen LogP contribution in [0.2, 0.25) is 0 Å². The van der Waals surface area contributed by atoms with E-state index in [1.165, 1.54) is 4.40 Å². The lowest BCUT2D eigenvalue weighted by Gasteiger charge is -2.11. The van der Waals surface area contributed by atoms with Gasteiger partial charge in [-0.25, -0.2) is 4.98 Å². The Morgan fingerprint density at radius 3 is 2.67 bits per heavy atom. The van der Waals surface area contributed by atoms with Gasteiger partial charge in [0.25, 0.3) is 5.56 Å². The highest BCUT2D eigenvalue weighted by Gasteiger charge is 2.14. The van der Waals surface area contributed by atoms with Crippen LogP contribution in [0.25, 0.3) is 28.9 Å². The molecular weight excluding hydrogens is 414 g/mol. The fourth-order valence-electron chi connectivity index (χ4n) is 3.53. The summed E-state index contributed by atoms with van der Waals surface area (Å²) in [7, 11) is 0. The Kier molecular flexibility index (Phi) is 6.51. The summed E-state index contributed by atoms with van der Waals surface area (Å²) in [4.78, 5) is 18.1. The van der Waals surface area contributed by atoms with Crippen LogP contribution < -0.4 is 10.3 Å². The largest absolute Gasteiger partial charge is 0.504 e. The van der Waals surface area contributed by atoms with Crippen LogP contribution in [0.15, 0.2) is 71.7 Å². The maximum atomic E-state index is 13.4. The number of aromatic nitrogens is 2. The molecule has 164 valence electrons. The van der Waals surface area contributed by atoms with Gasteiger partial charge in [-0.15, -0.1) is 0 Å². The van der Waals surface area contributed by atoms with Crippen molar-refractivity contribution in [3.63, 3.8) is 0 Å². The van der Waals surface area contributed by atoms with Gasteiger partial charge in [-0.2, -0.15) is 5.26 Å². The number of hydrogen-bond acceptors (Lipinski definition) is 5. The molecule has 0 aliphatic carbocycles. The molecule has 1 N–H and O–H groups in total. The SMILES string of the molecule is CCCCOc1c(O)cccc1/C=C/c1nc2ccccn2c(=O)c1-c1ccc(C#N)cc1. The number of fused-ring (bicyclic) bond motifs is 1. The minimum absolute atomic E-state index is 0.0621. The third kappa shape index (κ3) is 4.63. The molecule has 4 aromatic rings. The van der Waals surface area contributed by atoms with Gasteiger partial charge in [0.2, 0.25) is 0 Å². The van der Waals surface area contributed by atoms with Crippen molar-refractivity contribution in [2.45, 2.75) is 19.8 Å². The molecule has 0 saturated heterocycles. The zero-order valence-electron chi connectivity index (χ0n) is 18.2. The number of phenols is 1. The molecule has 2 aromatic heterocycles. The first-order valence-electron chi connectivity index (χ1n) is 10.8. The molecule has 0 aliphatic heterocycles. The lowest BCUT2D eigenvalue weighted by Crippen LogP contribution is -2.18. The van der Waals surface area contributed by atoms with E-state index in [4.69, 9.17) is 15.0 Å². The molecule has 6 nitrogen and oxygen atoms in total. The number of nitriles is 1. The van der Waals surface area contributed by atoms with Gasteiger partial charge in [0.1, 0.15) is 5.65 Å². The Morgan fingerprint density at radius 2 is 1.91 bits per heavy atom. The summed E-state index contributed by atoms with van der Waals surface area (Å²) in [5.74, 6) is 0.465. The van der Waals surface area contributed by atoms with Gasteiger partial charge in [0, 0.05) is 11.8 Å². The van der Waals surface area contributed by atoms with Crippen LogP contribution in [0.4, 0.5) is 0 Å². The quantitative estimate of drug-likeness (QED) is 0.397. The zero-order chi connectivity index (χ0) is 23.2. The van der Waals surface area contributed by atoms with Crippen LogP contribution in [-0.2, 0) is 0 Å². The van der Waals surface area contributed by atoms with E-state index >= 15 is 0 Å². The fourth-order valence-corrected chi connectivity index (χ4v) is 3.53. The molecule has 0 fully saturated rings. The predicted molar refractivity (Wildman–Crippen MR) is 129 cm³/mol. The Hall–Kier alpha value is -4.37. The smallest absolute Gasteiger partial charge is 0.266 e. The molecule has 0 radical (unpaired) electrons. The summed E-state index contributed by atoms with van der Waals surface area (Å²) in [6.45, 7) is 2.57. The van der Waals surface area contributed by atoms with Gasteiger partial charge in [0.15, 0.2) is 11.5 Å². The third-order valence-corrected chi connectivity index (χ3v) is 5.25. The molecule has 0 aliphatic rings. The van der Waals surface area contributed by atoms with E-state index in [2.05, 4.69) is 13.0 Å². The molecule has 0 saturated carbocycles. The minimum Gasteiger partial charge on any atom is -0.504 e. The van der Waals surface area contributed by atoms with Crippen molar-refractivity contribution in [3.05, 3.63) is 94.0 Å². The second kappa shape index (κ2) is 9.84. The van der Waals surface area contributed by atoms with Gasteiger partial charge in [-0.3, -0.25) is 9.20 Å². The molecule has 2 aromatic carbocycles. The van der Waals surface area contributed by atoms with Gasteiger partial charge in [-0.1, -0.05) is 43.7 Å². The van der Waals surface area contributed by atoms with Gasteiger partial charge >= 0.3 is 0 Å². The standard InChI is InChI=1S/C27H23N3O3/c1-2-3-17-33-26-21(7-6-8-23(26)31)14-15-22-25(20-12-10-19(18-28)11-13-20)27(32)30-16-5-4-9-24(30)29-22/h4-16,31H,2-3,17H2,1H3/b15-14+. The first-order chi connectivity index (χ1) is 16.1. The number of pyridine rings is 1. The number of para-hydroxylation sites is 1. The van der Waals surface area contributed by atoms with Crippen LogP contribution in [0.5, 0.6) is 11.5 Å². The lowest BCUT2D eigenvalue weighted by molar-refractivity contribution is 0.292. The second-order valence-electron chi connectivity index (χ2n) is 7.53. The van der Waals surface area contributed by atoms with Crippen LogP contribution in [0, 0.1) is 11.3 Å². The van der Waals surface area contributed by atoms with Crippen molar-refractivity contribution in [2.75, 3.05) is 6.61 Å². The summed E-state index contributed by atoms with van der Waals surface area (Å²) in [6.07, 6.45) is 7.08. The van der Waals surface area contributed by atoms with Crippen molar-refractivity contribution in [2.24, 2.45) is 0 Å². The van der Waals surface area contributed by atoms with E-state index in [9.17, 15) is 9.90 Å². The number of nitrogens with zero attached hydrogens (tertiary/aromatic N) is 3. The Morgan fingerprint density at radius 1 is 1.09 bits per heavy atom. The highest BCUT2D eigenvalue weighted by atomic mass is 16.5. The zero-order valence-corrected chi connectivity index (χ0v) is 18.2. The van der Waals surface area contributed by atoms with Gasteiger partial charge < -0.3 is 9.84 Å². The second-order valence-corrected chi connectivity index (χ2v) is 7.53. The predicted octanol–water partition coefficient (Wildman–Crippen LogP) is 5.29. The number of benzene rings is 2. The molecule has 6 heteroatoms. The van der Waals surface area contributed by atoms with Crippen molar-refractivity contribution in [3.8, 4) is 28.7 Å². The number of hydrogen-bond donors (Lipinski definition) is 1. The van der Waals surface area contributed by atoms with E-state index < -0.39 is 0 Å². The Labute approximate surface area is 191 Å².